The van der Waals surface area contributed by atoms with E-state index in [1.807, 2.05) is 23.9 Å². The molecule has 210 valence electrons. The molecule has 0 atom stereocenters. The molecule has 3 aromatic rings. The molecule has 0 N–H and O–H groups in total. The molecule has 4 rings (SSSR count). The summed E-state index contributed by atoms with van der Waals surface area (Å²) in [6.45, 7) is -1.81. The van der Waals surface area contributed by atoms with Gasteiger partial charge in [0.1, 0.15) is 11.6 Å². The lowest BCUT2D eigenvalue weighted by Crippen LogP contribution is -2.45. The molecule has 0 spiro atoms. The molecular weight excluding hydrogens is 548 g/mol. The van der Waals surface area contributed by atoms with Crippen molar-refractivity contribution in [2.75, 3.05) is 49.5 Å². The van der Waals surface area contributed by atoms with Crippen LogP contribution in [-0.4, -0.2) is 60.2 Å². The van der Waals surface area contributed by atoms with Crippen LogP contribution in [0.1, 0.15) is 5.56 Å². The van der Waals surface area contributed by atoms with Crippen molar-refractivity contribution in [3.8, 4) is 16.9 Å². The van der Waals surface area contributed by atoms with Crippen LogP contribution in [0.5, 0.6) is 5.75 Å². The van der Waals surface area contributed by atoms with E-state index in [1.165, 1.54) is 12.1 Å². The Hall–Kier alpha value is -3.45. The summed E-state index contributed by atoms with van der Waals surface area (Å²) >= 11 is 0. The third-order valence-corrected chi connectivity index (χ3v) is 7.96. The number of hydrogen-bond acceptors (Lipinski definition) is 5. The van der Waals surface area contributed by atoms with Gasteiger partial charge in [0.2, 0.25) is 0 Å². The van der Waals surface area contributed by atoms with E-state index in [1.54, 1.807) is 12.1 Å². The van der Waals surface area contributed by atoms with Gasteiger partial charge in [-0.3, -0.25) is 4.31 Å². The van der Waals surface area contributed by atoms with Crippen molar-refractivity contribution in [1.29, 1.82) is 0 Å². The first kappa shape index (κ1) is 28.6. The molecule has 0 saturated carbocycles. The van der Waals surface area contributed by atoms with Crippen LogP contribution in [0, 0.1) is 5.82 Å². The normalized spacial score (nSPS) is 14.2. The lowest BCUT2D eigenvalue weighted by atomic mass is 10.0. The van der Waals surface area contributed by atoms with Crippen LogP contribution >= 0.6 is 0 Å². The van der Waals surface area contributed by atoms with E-state index in [0.717, 1.165) is 34.6 Å². The molecule has 6 nitrogen and oxygen atoms in total. The van der Waals surface area contributed by atoms with Gasteiger partial charge in [0.15, 0.2) is 0 Å². The summed E-state index contributed by atoms with van der Waals surface area (Å²) in [5.41, 5.74) is 0.00760. The second-order valence-electron chi connectivity index (χ2n) is 9.15. The van der Waals surface area contributed by atoms with Crippen molar-refractivity contribution >= 4 is 21.4 Å². The average Bonchev–Trinajstić information content (AvgIpc) is 2.85. The van der Waals surface area contributed by atoms with E-state index in [-0.39, 0.29) is 24.3 Å². The van der Waals surface area contributed by atoms with Crippen LogP contribution < -0.4 is 13.9 Å². The maximum Gasteiger partial charge on any atom is 0.416 e. The fourth-order valence-electron chi connectivity index (χ4n) is 4.29. The summed E-state index contributed by atoms with van der Waals surface area (Å²) in [5, 5.41) is 0. The molecule has 0 saturated heterocycles. The maximum atomic E-state index is 14.2. The lowest BCUT2D eigenvalue weighted by molar-refractivity contribution is -0.137. The monoisotopic (exact) mass is 573 g/mol. The van der Waals surface area contributed by atoms with Crippen LogP contribution in [0.25, 0.3) is 11.1 Å². The number of likely N-dealkylation sites (N-methyl/N-ethyl adjacent to an activating group) is 1. The zero-order valence-corrected chi connectivity index (χ0v) is 21.7. The lowest BCUT2D eigenvalue weighted by Gasteiger charge is -2.39. The number of halogens is 6. The molecule has 1 aliphatic rings. The molecule has 0 amide bonds. The van der Waals surface area contributed by atoms with Crippen LogP contribution in [0.4, 0.5) is 37.7 Å². The standard InChI is InChI=1S/C26H25F6N3O3S/c1-33(2)8-9-34-10-11-35(39(36,37)22-5-3-4-19(15-22)26(30,31)32)24-14-17(6-7-23(24)34)18-12-20(27)16-21(13-18)38-25(28)29/h3-7,12-16,25H,8-11H2,1-2H3. The van der Waals surface area contributed by atoms with Gasteiger partial charge in [-0.25, -0.2) is 12.8 Å². The van der Waals surface area contributed by atoms with Crippen molar-refractivity contribution in [3.63, 3.8) is 0 Å². The van der Waals surface area contributed by atoms with Crippen molar-refractivity contribution in [3.05, 3.63) is 72.0 Å². The summed E-state index contributed by atoms with van der Waals surface area (Å²) in [6, 6.07) is 11.2. The molecule has 13 heteroatoms. The van der Waals surface area contributed by atoms with Gasteiger partial charge in [-0.05, 0) is 67.7 Å². The Morgan fingerprint density at radius 3 is 2.36 bits per heavy atom. The molecule has 3 aromatic carbocycles. The van der Waals surface area contributed by atoms with E-state index >= 15 is 0 Å². The Balaban J connectivity index is 1.82. The Bertz CT molecular complexity index is 1450. The van der Waals surface area contributed by atoms with E-state index in [2.05, 4.69) is 4.74 Å². The van der Waals surface area contributed by atoms with Gasteiger partial charge in [-0.1, -0.05) is 12.1 Å². The van der Waals surface area contributed by atoms with Gasteiger partial charge in [-0.2, -0.15) is 22.0 Å². The first-order valence-electron chi connectivity index (χ1n) is 11.8. The van der Waals surface area contributed by atoms with Gasteiger partial charge in [0.05, 0.1) is 28.4 Å². The molecular formula is C26H25F6N3O3S. The van der Waals surface area contributed by atoms with E-state index in [4.69, 9.17) is 0 Å². The molecule has 0 aromatic heterocycles. The van der Waals surface area contributed by atoms with Crippen molar-refractivity contribution in [2.45, 2.75) is 17.7 Å². The van der Waals surface area contributed by atoms with E-state index in [9.17, 15) is 34.8 Å². The number of anilines is 2. The SMILES string of the molecule is CN(C)CCN1CCN(S(=O)(=O)c2cccc(C(F)(F)F)c2)c2cc(-c3cc(F)cc(OC(F)F)c3)ccc21. The number of nitrogens with zero attached hydrogens (tertiary/aromatic N) is 3. The molecule has 0 aliphatic carbocycles. The molecule has 0 fully saturated rings. The second kappa shape index (κ2) is 11.0. The zero-order valence-electron chi connectivity index (χ0n) is 20.9. The third-order valence-electron chi connectivity index (χ3n) is 6.15. The minimum Gasteiger partial charge on any atom is -0.435 e. The van der Waals surface area contributed by atoms with Crippen LogP contribution in [0.3, 0.4) is 0 Å². The molecule has 0 radical (unpaired) electrons. The van der Waals surface area contributed by atoms with E-state index in [0.29, 0.717) is 30.4 Å². The average molecular weight is 574 g/mol. The van der Waals surface area contributed by atoms with E-state index < -0.39 is 44.8 Å². The van der Waals surface area contributed by atoms with Crippen molar-refractivity contribution < 1.29 is 39.5 Å². The van der Waals surface area contributed by atoms with Crippen molar-refractivity contribution in [1.82, 2.24) is 4.90 Å². The highest BCUT2D eigenvalue weighted by Crippen LogP contribution is 2.41. The molecule has 1 heterocycles. The smallest absolute Gasteiger partial charge is 0.416 e. The fourth-order valence-corrected chi connectivity index (χ4v) is 5.79. The number of sulfonamides is 1. The number of fused-ring (bicyclic) bond motifs is 1. The summed E-state index contributed by atoms with van der Waals surface area (Å²) in [5.74, 6) is -1.26. The van der Waals surface area contributed by atoms with Crippen LogP contribution in [0.15, 0.2) is 65.6 Å². The van der Waals surface area contributed by atoms with Crippen LogP contribution in [-0.2, 0) is 16.2 Å². The van der Waals surface area contributed by atoms with Crippen molar-refractivity contribution in [2.24, 2.45) is 0 Å². The third kappa shape index (κ3) is 6.41. The molecule has 0 unspecified atom stereocenters. The predicted molar refractivity (Wildman–Crippen MR) is 135 cm³/mol. The summed E-state index contributed by atoms with van der Waals surface area (Å²) in [4.78, 5) is 3.35. The van der Waals surface area contributed by atoms with Gasteiger partial charge in [0, 0.05) is 25.7 Å². The zero-order chi connectivity index (χ0) is 28.5. The largest absolute Gasteiger partial charge is 0.435 e. The molecule has 39 heavy (non-hydrogen) atoms. The first-order valence-corrected chi connectivity index (χ1v) is 13.2. The van der Waals surface area contributed by atoms with Crippen LogP contribution in [0.2, 0.25) is 0 Å². The Morgan fingerprint density at radius 2 is 1.69 bits per heavy atom. The fraction of sp³-hybridized carbons (Fsp3) is 0.308. The minimum atomic E-state index is -4.74. The second-order valence-corrected chi connectivity index (χ2v) is 11.0. The quantitative estimate of drug-likeness (QED) is 0.324. The van der Waals surface area contributed by atoms with Gasteiger partial charge in [-0.15, -0.1) is 0 Å². The van der Waals surface area contributed by atoms with Gasteiger partial charge >= 0.3 is 12.8 Å². The highest BCUT2D eigenvalue weighted by atomic mass is 32.2. The Morgan fingerprint density at radius 1 is 0.949 bits per heavy atom. The minimum absolute atomic E-state index is 0.0641. The topological polar surface area (TPSA) is 53.1 Å². The van der Waals surface area contributed by atoms with Gasteiger partial charge < -0.3 is 14.5 Å². The maximum absolute atomic E-state index is 14.2. The number of ether oxygens (including phenoxy) is 1. The summed E-state index contributed by atoms with van der Waals surface area (Å²) in [7, 11) is -0.693. The first-order chi connectivity index (χ1) is 18.3. The Kier molecular flexibility index (Phi) is 8.03. The highest BCUT2D eigenvalue weighted by molar-refractivity contribution is 7.92. The number of alkyl halides is 5. The highest BCUT2D eigenvalue weighted by Gasteiger charge is 2.35. The van der Waals surface area contributed by atoms with Gasteiger partial charge in [0.25, 0.3) is 10.0 Å². The molecule has 1 aliphatic heterocycles. The number of benzene rings is 3. The summed E-state index contributed by atoms with van der Waals surface area (Å²) < 4.78 is 112. The molecule has 0 bridgehead atoms. The Labute approximate surface area is 222 Å². The number of rotatable bonds is 8. The summed E-state index contributed by atoms with van der Waals surface area (Å²) in [6.07, 6.45) is -4.74. The predicted octanol–water partition coefficient (Wildman–Crippen LogP) is 5.69. The number of hydrogen-bond donors (Lipinski definition) is 0.